The Labute approximate surface area is 116 Å². The van der Waals surface area contributed by atoms with Gasteiger partial charge in [-0.3, -0.25) is 0 Å². The average molecular weight is 294 g/mol. The zero-order valence-corrected chi connectivity index (χ0v) is 13.1. The fraction of sp³-hybridized carbons (Fsp3) is 0.188. The normalized spacial score (nSPS) is 18.1. The molecule has 0 aromatic heterocycles. The van der Waals surface area contributed by atoms with Gasteiger partial charge in [-0.1, -0.05) is 0 Å². The van der Waals surface area contributed by atoms with Crippen LogP contribution < -0.4 is 4.90 Å². The summed E-state index contributed by atoms with van der Waals surface area (Å²) in [6, 6.07) is 10.6. The van der Waals surface area contributed by atoms with Crippen molar-refractivity contribution in [1.29, 1.82) is 0 Å². The number of rotatable bonds is 1. The van der Waals surface area contributed by atoms with E-state index >= 15 is 0 Å². The van der Waals surface area contributed by atoms with E-state index in [4.69, 9.17) is 0 Å². The van der Waals surface area contributed by atoms with E-state index in [0.29, 0.717) is 0 Å². The summed E-state index contributed by atoms with van der Waals surface area (Å²) in [5.41, 5.74) is 8.09. The van der Waals surface area contributed by atoms with Gasteiger partial charge in [-0.25, -0.2) is 0 Å². The maximum atomic E-state index is 3.38. The number of allylic oxidation sites excluding steroid dienone is 3. The number of benzene rings is 1. The van der Waals surface area contributed by atoms with Gasteiger partial charge in [0, 0.05) is 0 Å². The summed E-state index contributed by atoms with van der Waals surface area (Å²) in [7, 11) is 0. The Hall–Kier alpha value is -1.44. The molecule has 3 rings (SSSR count). The number of hydrogen-bond donors (Lipinski definition) is 0. The van der Waals surface area contributed by atoms with Crippen molar-refractivity contribution in [3.8, 4) is 4.66 Å². The second-order valence-corrected chi connectivity index (χ2v) is 5.29. The number of para-hydroxylation sites is 1. The Morgan fingerprint density at radius 3 is 2.50 bits per heavy atom. The predicted molar refractivity (Wildman–Crippen MR) is 78.3 cm³/mol. The van der Waals surface area contributed by atoms with Gasteiger partial charge in [0.1, 0.15) is 0 Å². The molecule has 0 unspecified atom stereocenters. The van der Waals surface area contributed by atoms with Crippen LogP contribution >= 0.6 is 0 Å². The van der Waals surface area contributed by atoms with Gasteiger partial charge < -0.3 is 0 Å². The molecule has 0 amide bonds. The molecule has 2 aliphatic rings. The molecule has 0 fully saturated rings. The molecule has 0 saturated heterocycles. The van der Waals surface area contributed by atoms with Crippen molar-refractivity contribution >= 4 is 21.6 Å². The van der Waals surface area contributed by atoms with Gasteiger partial charge in [-0.15, -0.1) is 0 Å². The monoisotopic (exact) mass is 295 g/mol. The van der Waals surface area contributed by atoms with E-state index in [9.17, 15) is 0 Å². The van der Waals surface area contributed by atoms with E-state index in [1.165, 1.54) is 33.7 Å². The van der Waals surface area contributed by atoms with E-state index in [2.05, 4.69) is 59.8 Å². The summed E-state index contributed by atoms with van der Waals surface area (Å²) in [4.78, 5) is 2.39. The summed E-state index contributed by atoms with van der Waals surface area (Å²) in [5, 5.41) is 0. The molecular formula is C16H15GeN. The van der Waals surface area contributed by atoms with Crippen LogP contribution in [0.15, 0.2) is 64.4 Å². The Morgan fingerprint density at radius 2 is 1.83 bits per heavy atom. The molecule has 1 aliphatic carbocycles. The van der Waals surface area contributed by atoms with Crippen molar-refractivity contribution in [3.63, 3.8) is 0 Å². The molecular weight excluding hydrogens is 279 g/mol. The molecule has 18 heavy (non-hydrogen) atoms. The molecule has 0 saturated carbocycles. The first-order chi connectivity index (χ1) is 8.74. The first kappa shape index (κ1) is 11.6. The molecule has 0 bridgehead atoms. The van der Waals surface area contributed by atoms with Gasteiger partial charge in [0.2, 0.25) is 0 Å². The fourth-order valence-electron chi connectivity index (χ4n) is 2.84. The third kappa shape index (κ3) is 1.55. The summed E-state index contributed by atoms with van der Waals surface area (Å²) < 4.78 is 3.38. The van der Waals surface area contributed by atoms with Crippen molar-refractivity contribution in [2.75, 3.05) is 11.4 Å². The van der Waals surface area contributed by atoms with E-state index in [0.717, 1.165) is 6.54 Å². The van der Waals surface area contributed by atoms with Gasteiger partial charge >= 0.3 is 116 Å². The van der Waals surface area contributed by atoms with Crippen LogP contribution in [0.5, 0.6) is 0 Å². The third-order valence-corrected chi connectivity index (χ3v) is 4.33. The molecule has 2 heteroatoms. The molecule has 0 atom stereocenters. The number of anilines is 1. The topological polar surface area (TPSA) is 3.24 Å². The van der Waals surface area contributed by atoms with Crippen LogP contribution in [0.4, 0.5) is 5.69 Å². The van der Waals surface area contributed by atoms with Gasteiger partial charge in [-0.2, -0.15) is 0 Å². The zero-order valence-electron chi connectivity index (χ0n) is 10.7. The SMILES string of the molecule is CC1=C([C]#[GeH])C(C)=C2C1=CCN2c1ccccc1. The van der Waals surface area contributed by atoms with Crippen molar-refractivity contribution in [2.24, 2.45) is 0 Å². The maximum absolute atomic E-state index is 3.38. The second kappa shape index (κ2) is 4.34. The predicted octanol–water partition coefficient (Wildman–Crippen LogP) is 2.90. The number of nitrogens with zero attached hydrogens (tertiary/aromatic N) is 1. The number of fused-ring (bicyclic) bond motifs is 1. The summed E-state index contributed by atoms with van der Waals surface area (Å²) >= 11 is 1.55. The van der Waals surface area contributed by atoms with Crippen molar-refractivity contribution in [1.82, 2.24) is 0 Å². The molecule has 1 aromatic rings. The quantitative estimate of drug-likeness (QED) is 0.720. The van der Waals surface area contributed by atoms with Crippen LogP contribution in [0.2, 0.25) is 0 Å². The molecule has 1 nitrogen and oxygen atoms in total. The van der Waals surface area contributed by atoms with Crippen LogP contribution in [-0.2, 0) is 0 Å². The van der Waals surface area contributed by atoms with Gasteiger partial charge in [0.15, 0.2) is 0 Å². The minimum atomic E-state index is 0.978. The summed E-state index contributed by atoms with van der Waals surface area (Å²) in [6.45, 7) is 5.40. The van der Waals surface area contributed by atoms with Crippen LogP contribution in [0.3, 0.4) is 0 Å². The standard InChI is InChI=1S/C16H15GeN/c1-11-14-8-9-18(13-6-4-3-5-7-13)16(14)12(2)15(11)10-17/h3-8,17H,9H2,1-2H3. The molecule has 0 N–H and O–H groups in total. The van der Waals surface area contributed by atoms with Gasteiger partial charge in [0.05, 0.1) is 0 Å². The number of hydrogen-bond acceptors (Lipinski definition) is 1. The van der Waals surface area contributed by atoms with E-state index in [1.807, 2.05) is 0 Å². The Bertz CT molecular complexity index is 641. The van der Waals surface area contributed by atoms with Crippen molar-refractivity contribution in [3.05, 3.63) is 64.4 Å². The average Bonchev–Trinajstić information content (AvgIpc) is 2.93. The van der Waals surface area contributed by atoms with Gasteiger partial charge in [0.25, 0.3) is 0 Å². The van der Waals surface area contributed by atoms with Crippen LogP contribution in [0, 0.1) is 4.66 Å². The minimum absolute atomic E-state index is 0.978. The Balaban J connectivity index is 2.09. The van der Waals surface area contributed by atoms with Gasteiger partial charge in [-0.05, 0) is 0 Å². The van der Waals surface area contributed by atoms with Crippen LogP contribution in [0.25, 0.3) is 0 Å². The summed E-state index contributed by atoms with van der Waals surface area (Å²) in [6.07, 6.45) is 2.33. The second-order valence-electron chi connectivity index (χ2n) is 4.68. The van der Waals surface area contributed by atoms with Crippen molar-refractivity contribution < 1.29 is 0 Å². The summed E-state index contributed by atoms with van der Waals surface area (Å²) in [5.74, 6) is 0. The Kier molecular flexibility index (Phi) is 2.81. The van der Waals surface area contributed by atoms with E-state index in [1.54, 1.807) is 15.9 Å². The molecule has 88 valence electrons. The zero-order chi connectivity index (χ0) is 12.7. The molecule has 0 radical (unpaired) electrons. The third-order valence-electron chi connectivity index (χ3n) is 3.72. The molecule has 1 aliphatic heterocycles. The van der Waals surface area contributed by atoms with Crippen molar-refractivity contribution in [2.45, 2.75) is 13.8 Å². The molecule has 1 heterocycles. The van der Waals surface area contributed by atoms with E-state index in [-0.39, 0.29) is 0 Å². The molecule has 1 aromatic carbocycles. The fourth-order valence-corrected chi connectivity index (χ4v) is 3.75. The van der Waals surface area contributed by atoms with Crippen LogP contribution in [-0.4, -0.2) is 22.4 Å². The van der Waals surface area contributed by atoms with Crippen LogP contribution in [0.1, 0.15) is 13.8 Å². The van der Waals surface area contributed by atoms with E-state index < -0.39 is 0 Å². The Morgan fingerprint density at radius 1 is 1.11 bits per heavy atom. The molecule has 0 spiro atoms. The first-order valence-corrected chi connectivity index (χ1v) is 7.37. The first-order valence-electron chi connectivity index (χ1n) is 6.16.